The van der Waals surface area contributed by atoms with Crippen LogP contribution in [0.3, 0.4) is 0 Å². The number of halogens is 1. The lowest BCUT2D eigenvalue weighted by molar-refractivity contribution is 0.100. The fraction of sp³-hybridized carbons (Fsp3) is 0.267. The van der Waals surface area contributed by atoms with Crippen LogP contribution in [-0.2, 0) is 6.42 Å². The van der Waals surface area contributed by atoms with Gasteiger partial charge in [-0.2, -0.15) is 0 Å². The van der Waals surface area contributed by atoms with E-state index in [9.17, 15) is 9.18 Å². The minimum atomic E-state index is -0.269. The summed E-state index contributed by atoms with van der Waals surface area (Å²) in [6, 6.07) is 10.0. The Morgan fingerprint density at radius 2 is 1.89 bits per heavy atom. The molecule has 1 heterocycles. The number of nitrogens with zero attached hydrogens (tertiary/aromatic N) is 1. The summed E-state index contributed by atoms with van der Waals surface area (Å²) in [5, 5.41) is 0. The van der Waals surface area contributed by atoms with Crippen molar-refractivity contribution in [2.45, 2.75) is 13.3 Å². The average Bonchev–Trinajstić information content (AvgIpc) is 2.88. The van der Waals surface area contributed by atoms with Crippen molar-refractivity contribution in [3.8, 4) is 0 Å². The number of likely N-dealkylation sites (N-methyl/N-ethyl adjacent to an activating group) is 1. The van der Waals surface area contributed by atoms with Crippen LogP contribution in [0.4, 0.5) is 10.1 Å². The number of anilines is 1. The predicted molar refractivity (Wildman–Crippen MR) is 77.7 cm³/mol. The van der Waals surface area contributed by atoms with Gasteiger partial charge in [0.1, 0.15) is 5.82 Å². The monoisotopic (exact) mass is 277 g/mol. The van der Waals surface area contributed by atoms with Gasteiger partial charge in [-0.3, -0.25) is 4.79 Å². The first-order chi connectivity index (χ1) is 9.10. The highest BCUT2D eigenvalue weighted by Gasteiger charge is 2.12. The molecule has 0 aliphatic rings. The van der Waals surface area contributed by atoms with Gasteiger partial charge in [-0.25, -0.2) is 4.39 Å². The van der Waals surface area contributed by atoms with Crippen molar-refractivity contribution in [3.05, 3.63) is 52.0 Å². The predicted octanol–water partition coefficient (Wildman–Crippen LogP) is 3.77. The maximum Gasteiger partial charge on any atom is 0.191 e. The molecule has 0 amide bonds. The molecule has 19 heavy (non-hydrogen) atoms. The largest absolute Gasteiger partial charge is 0.367 e. The van der Waals surface area contributed by atoms with Gasteiger partial charge in [-0.15, -0.1) is 11.3 Å². The highest BCUT2D eigenvalue weighted by atomic mass is 32.1. The normalized spacial score (nSPS) is 10.5. The van der Waals surface area contributed by atoms with Crippen LogP contribution in [0.5, 0.6) is 0 Å². The summed E-state index contributed by atoms with van der Waals surface area (Å²) in [5.74, 6) is -0.175. The van der Waals surface area contributed by atoms with Gasteiger partial charge < -0.3 is 4.90 Å². The van der Waals surface area contributed by atoms with E-state index >= 15 is 0 Å². The molecule has 0 fully saturated rings. The molecular formula is C15H16FNOS. The molecule has 0 aliphatic carbocycles. The standard InChI is InChI=1S/C15H16FNOS/c1-3-13-8-9-15(19-13)14(18)10-17(2)12-6-4-11(16)5-7-12/h4-9H,3,10H2,1-2H3. The Hall–Kier alpha value is -1.68. The molecule has 2 aromatic rings. The summed E-state index contributed by atoms with van der Waals surface area (Å²) < 4.78 is 12.8. The second-order valence-corrected chi connectivity index (χ2v) is 5.54. The minimum Gasteiger partial charge on any atom is -0.367 e. The van der Waals surface area contributed by atoms with E-state index in [1.54, 1.807) is 23.5 Å². The van der Waals surface area contributed by atoms with Gasteiger partial charge in [0.25, 0.3) is 0 Å². The van der Waals surface area contributed by atoms with Crippen LogP contribution >= 0.6 is 11.3 Å². The van der Waals surface area contributed by atoms with Crippen molar-refractivity contribution >= 4 is 22.8 Å². The third-order valence-electron chi connectivity index (χ3n) is 2.93. The maximum absolute atomic E-state index is 12.8. The summed E-state index contributed by atoms with van der Waals surface area (Å²) in [5.41, 5.74) is 0.835. The van der Waals surface area contributed by atoms with E-state index in [0.29, 0.717) is 6.54 Å². The number of thiophene rings is 1. The summed E-state index contributed by atoms with van der Waals surface area (Å²) in [6.45, 7) is 2.38. The van der Waals surface area contributed by atoms with E-state index in [-0.39, 0.29) is 11.6 Å². The Morgan fingerprint density at radius 1 is 1.21 bits per heavy atom. The minimum absolute atomic E-state index is 0.0940. The molecule has 2 nitrogen and oxygen atoms in total. The molecule has 1 aromatic carbocycles. The van der Waals surface area contributed by atoms with Crippen LogP contribution in [-0.4, -0.2) is 19.4 Å². The molecule has 4 heteroatoms. The third kappa shape index (κ3) is 3.41. The van der Waals surface area contributed by atoms with Crippen molar-refractivity contribution < 1.29 is 9.18 Å². The zero-order valence-corrected chi connectivity index (χ0v) is 11.8. The number of hydrogen-bond donors (Lipinski definition) is 0. The molecule has 0 saturated carbocycles. The Balaban J connectivity index is 2.04. The molecule has 2 rings (SSSR count). The van der Waals surface area contributed by atoms with E-state index < -0.39 is 0 Å². The quantitative estimate of drug-likeness (QED) is 0.775. The molecule has 0 saturated heterocycles. The smallest absolute Gasteiger partial charge is 0.191 e. The zero-order valence-electron chi connectivity index (χ0n) is 11.0. The number of hydrogen-bond acceptors (Lipinski definition) is 3. The summed E-state index contributed by atoms with van der Waals surface area (Å²) in [7, 11) is 1.83. The number of benzene rings is 1. The molecular weight excluding hydrogens is 261 g/mol. The Morgan fingerprint density at radius 3 is 2.47 bits per heavy atom. The third-order valence-corrected chi connectivity index (χ3v) is 4.20. The first-order valence-electron chi connectivity index (χ1n) is 6.18. The van der Waals surface area contributed by atoms with Crippen LogP contribution in [0.1, 0.15) is 21.5 Å². The number of rotatable bonds is 5. The van der Waals surface area contributed by atoms with Gasteiger partial charge in [0.2, 0.25) is 0 Å². The first kappa shape index (κ1) is 13.7. The van der Waals surface area contributed by atoms with E-state index in [0.717, 1.165) is 17.0 Å². The summed E-state index contributed by atoms with van der Waals surface area (Å²) in [6.07, 6.45) is 0.950. The van der Waals surface area contributed by atoms with E-state index in [1.165, 1.54) is 17.0 Å². The van der Waals surface area contributed by atoms with E-state index in [4.69, 9.17) is 0 Å². The van der Waals surface area contributed by atoms with Crippen LogP contribution in [0.2, 0.25) is 0 Å². The first-order valence-corrected chi connectivity index (χ1v) is 7.00. The SMILES string of the molecule is CCc1ccc(C(=O)CN(C)c2ccc(F)cc2)s1. The number of ketones is 1. The van der Waals surface area contributed by atoms with E-state index in [2.05, 4.69) is 6.92 Å². The van der Waals surface area contributed by atoms with Crippen LogP contribution in [0.15, 0.2) is 36.4 Å². The van der Waals surface area contributed by atoms with Crippen LogP contribution in [0.25, 0.3) is 0 Å². The lowest BCUT2D eigenvalue weighted by Crippen LogP contribution is -2.25. The van der Waals surface area contributed by atoms with Crippen LogP contribution in [0, 0.1) is 5.82 Å². The highest BCUT2D eigenvalue weighted by molar-refractivity contribution is 7.14. The molecule has 1 aromatic heterocycles. The van der Waals surface area contributed by atoms with Gasteiger partial charge in [0.05, 0.1) is 11.4 Å². The Bertz CT molecular complexity index is 562. The van der Waals surface area contributed by atoms with E-state index in [1.807, 2.05) is 24.1 Å². The average molecular weight is 277 g/mol. The van der Waals surface area contributed by atoms with Gasteiger partial charge in [-0.05, 0) is 42.8 Å². The lowest BCUT2D eigenvalue weighted by atomic mass is 10.2. The van der Waals surface area contributed by atoms with Crippen molar-refractivity contribution in [2.24, 2.45) is 0 Å². The number of Topliss-reactive ketones (excluding diaryl/α,β-unsaturated/α-hetero) is 1. The van der Waals surface area contributed by atoms with Gasteiger partial charge >= 0.3 is 0 Å². The fourth-order valence-electron chi connectivity index (χ4n) is 1.80. The lowest BCUT2D eigenvalue weighted by Gasteiger charge is -2.17. The topological polar surface area (TPSA) is 20.3 Å². The van der Waals surface area contributed by atoms with Crippen molar-refractivity contribution in [3.63, 3.8) is 0 Å². The van der Waals surface area contributed by atoms with Gasteiger partial charge in [0, 0.05) is 17.6 Å². The Labute approximate surface area is 116 Å². The highest BCUT2D eigenvalue weighted by Crippen LogP contribution is 2.19. The second kappa shape index (κ2) is 5.97. The Kier molecular flexibility index (Phi) is 4.32. The molecule has 0 aliphatic heterocycles. The zero-order chi connectivity index (χ0) is 13.8. The van der Waals surface area contributed by atoms with Crippen LogP contribution < -0.4 is 4.90 Å². The number of carbonyl (C=O) groups is 1. The second-order valence-electron chi connectivity index (χ2n) is 4.38. The van der Waals surface area contributed by atoms with Crippen molar-refractivity contribution in [1.29, 1.82) is 0 Å². The maximum atomic E-state index is 12.8. The van der Waals surface area contributed by atoms with Gasteiger partial charge in [0.15, 0.2) is 5.78 Å². The fourth-order valence-corrected chi connectivity index (χ4v) is 2.68. The molecule has 0 N–H and O–H groups in total. The summed E-state index contributed by atoms with van der Waals surface area (Å²) in [4.78, 5) is 15.9. The molecule has 0 spiro atoms. The molecule has 100 valence electrons. The van der Waals surface area contributed by atoms with Gasteiger partial charge in [-0.1, -0.05) is 6.92 Å². The molecule has 0 atom stereocenters. The number of aryl methyl sites for hydroxylation is 1. The van der Waals surface area contributed by atoms with Crippen molar-refractivity contribution in [1.82, 2.24) is 0 Å². The summed E-state index contributed by atoms with van der Waals surface area (Å²) >= 11 is 1.54. The molecule has 0 bridgehead atoms. The van der Waals surface area contributed by atoms with Crippen molar-refractivity contribution in [2.75, 3.05) is 18.5 Å². The number of carbonyl (C=O) groups excluding carboxylic acids is 1. The molecule has 0 unspecified atom stereocenters. The molecule has 0 radical (unpaired) electrons.